The second-order valence-electron chi connectivity index (χ2n) is 8.98. The minimum absolute atomic E-state index is 0.0553. The smallest absolute Gasteiger partial charge is 0.405 e. The fraction of sp³-hybridized carbons (Fsp3) is 0.308. The Labute approximate surface area is 212 Å². The Morgan fingerprint density at radius 3 is 2.00 bits per heavy atom. The van der Waals surface area contributed by atoms with Gasteiger partial charge in [0.15, 0.2) is 27.1 Å². The monoisotopic (exact) mass is 537 g/mol. The lowest BCUT2D eigenvalue weighted by atomic mass is 10.2. The van der Waals surface area contributed by atoms with E-state index in [0.29, 0.717) is 6.61 Å². The van der Waals surface area contributed by atoms with Gasteiger partial charge in [-0.05, 0) is 81.4 Å². The van der Waals surface area contributed by atoms with Crippen molar-refractivity contribution in [2.75, 3.05) is 6.61 Å². The molecule has 3 unspecified atom stereocenters. The molecular formula is C26H27F2O6S2+. The number of hydrogen-bond acceptors (Lipinski definition) is 5. The van der Waals surface area contributed by atoms with Crippen LogP contribution in [0, 0.1) is 0 Å². The van der Waals surface area contributed by atoms with Crippen LogP contribution < -0.4 is 4.74 Å². The molecule has 1 fully saturated rings. The van der Waals surface area contributed by atoms with Gasteiger partial charge in [0.05, 0.1) is 23.1 Å². The molecule has 0 aromatic heterocycles. The minimum atomic E-state index is -5.61. The van der Waals surface area contributed by atoms with E-state index < -0.39 is 38.7 Å². The third-order valence-corrected chi connectivity index (χ3v) is 8.82. The van der Waals surface area contributed by atoms with Gasteiger partial charge in [0.25, 0.3) is 0 Å². The van der Waals surface area contributed by atoms with Gasteiger partial charge in [-0.2, -0.15) is 17.2 Å². The predicted molar refractivity (Wildman–Crippen MR) is 132 cm³/mol. The summed E-state index contributed by atoms with van der Waals surface area (Å²) in [4.78, 5) is 2.99. The number of benzene rings is 3. The van der Waals surface area contributed by atoms with Gasteiger partial charge in [-0.15, -0.1) is 0 Å². The number of halogens is 2. The lowest BCUT2D eigenvalue weighted by Gasteiger charge is -2.21. The molecule has 0 bridgehead atoms. The summed E-state index contributed by atoms with van der Waals surface area (Å²) in [6.07, 6.45) is -2.50. The normalized spacial score (nSPS) is 19.6. The van der Waals surface area contributed by atoms with Crippen molar-refractivity contribution in [3.63, 3.8) is 0 Å². The van der Waals surface area contributed by atoms with Crippen molar-refractivity contribution in [2.24, 2.45) is 0 Å². The molecule has 10 heteroatoms. The molecule has 1 N–H and O–H groups in total. The molecule has 3 atom stereocenters. The third-order valence-electron chi connectivity index (χ3n) is 5.56. The summed E-state index contributed by atoms with van der Waals surface area (Å²) >= 11 is 0. The molecule has 0 amide bonds. The van der Waals surface area contributed by atoms with Gasteiger partial charge in [-0.1, -0.05) is 18.2 Å². The van der Waals surface area contributed by atoms with E-state index in [-0.39, 0.29) is 11.4 Å². The molecule has 192 valence electrons. The first kappa shape index (κ1) is 26.6. The van der Waals surface area contributed by atoms with Crippen molar-refractivity contribution in [1.29, 1.82) is 0 Å². The van der Waals surface area contributed by atoms with Crippen LogP contribution in [0.15, 0.2) is 93.5 Å². The lowest BCUT2D eigenvalue weighted by Crippen LogP contribution is -2.42. The Morgan fingerprint density at radius 2 is 1.50 bits per heavy atom. The maximum Gasteiger partial charge on any atom is 0.405 e. The molecule has 0 spiro atoms. The standard InChI is InChI=1S/C26H26F2O6S2/c1-18(26(27,28)36(29,30)31)33-20-11-15-23(16-12-20)35(21-7-5-4-6-8-21)22-13-9-19(10-14-22)24-32-17-25(2,3)34-24/h4-16,18,24H,17H2,1-3H3/p+1. The highest BCUT2D eigenvalue weighted by atomic mass is 32.2. The summed E-state index contributed by atoms with van der Waals surface area (Å²) in [6, 6.07) is 24.4. The zero-order valence-corrected chi connectivity index (χ0v) is 21.6. The number of rotatable bonds is 8. The molecule has 6 nitrogen and oxygen atoms in total. The van der Waals surface area contributed by atoms with Crippen molar-refractivity contribution in [1.82, 2.24) is 0 Å². The fourth-order valence-electron chi connectivity index (χ4n) is 3.66. The largest absolute Gasteiger partial charge is 0.483 e. The van der Waals surface area contributed by atoms with E-state index in [9.17, 15) is 17.2 Å². The summed E-state index contributed by atoms with van der Waals surface area (Å²) in [5, 5.41) is -4.44. The highest BCUT2D eigenvalue weighted by molar-refractivity contribution is 7.97. The van der Waals surface area contributed by atoms with Gasteiger partial charge in [0.1, 0.15) is 5.75 Å². The second kappa shape index (κ2) is 10.1. The van der Waals surface area contributed by atoms with Gasteiger partial charge >= 0.3 is 15.4 Å². The number of hydrogen-bond donors (Lipinski definition) is 1. The minimum Gasteiger partial charge on any atom is -0.483 e. The summed E-state index contributed by atoms with van der Waals surface area (Å²) < 4.78 is 75.4. The van der Waals surface area contributed by atoms with Crippen molar-refractivity contribution in [3.8, 4) is 5.75 Å². The van der Waals surface area contributed by atoms with Gasteiger partial charge in [-0.3, -0.25) is 4.55 Å². The fourth-order valence-corrected chi connectivity index (χ4v) is 6.19. The Morgan fingerprint density at radius 1 is 0.972 bits per heavy atom. The van der Waals surface area contributed by atoms with Gasteiger partial charge < -0.3 is 14.2 Å². The molecule has 3 aromatic carbocycles. The molecule has 0 radical (unpaired) electrons. The van der Waals surface area contributed by atoms with Gasteiger partial charge in [0, 0.05) is 5.56 Å². The lowest BCUT2D eigenvalue weighted by molar-refractivity contribution is -0.0812. The molecule has 1 saturated heterocycles. The summed E-state index contributed by atoms with van der Waals surface area (Å²) in [5.74, 6) is 0.0553. The molecule has 0 aliphatic carbocycles. The van der Waals surface area contributed by atoms with E-state index in [0.717, 1.165) is 27.2 Å². The van der Waals surface area contributed by atoms with Crippen LogP contribution in [-0.4, -0.2) is 36.5 Å². The first-order valence-electron chi connectivity index (χ1n) is 11.2. The quantitative estimate of drug-likeness (QED) is 0.287. The maximum atomic E-state index is 13.9. The van der Waals surface area contributed by atoms with Crippen LogP contribution >= 0.6 is 0 Å². The molecule has 1 aliphatic rings. The molecule has 1 heterocycles. The van der Waals surface area contributed by atoms with Crippen LogP contribution in [-0.2, 0) is 30.5 Å². The predicted octanol–water partition coefficient (Wildman–Crippen LogP) is 5.85. The maximum absolute atomic E-state index is 13.9. The van der Waals surface area contributed by atoms with Crippen LogP contribution in [0.2, 0.25) is 0 Å². The third kappa shape index (κ3) is 5.73. The average molecular weight is 538 g/mol. The zero-order valence-electron chi connectivity index (χ0n) is 19.9. The van der Waals surface area contributed by atoms with E-state index in [1.165, 1.54) is 12.1 Å². The van der Waals surface area contributed by atoms with Crippen molar-refractivity contribution >= 4 is 21.0 Å². The van der Waals surface area contributed by atoms with E-state index in [1.54, 1.807) is 12.1 Å². The number of alkyl halides is 2. The number of ether oxygens (including phenoxy) is 3. The van der Waals surface area contributed by atoms with Crippen molar-refractivity contribution in [2.45, 2.75) is 58.7 Å². The highest BCUT2D eigenvalue weighted by Gasteiger charge is 2.51. The van der Waals surface area contributed by atoms with E-state index in [1.807, 2.05) is 68.4 Å². The molecule has 0 saturated carbocycles. The van der Waals surface area contributed by atoms with E-state index in [4.69, 9.17) is 18.8 Å². The Hall–Kier alpha value is -2.50. The van der Waals surface area contributed by atoms with Gasteiger partial charge in [-0.25, -0.2) is 0 Å². The van der Waals surface area contributed by atoms with Crippen LogP contribution in [0.5, 0.6) is 5.75 Å². The van der Waals surface area contributed by atoms with Crippen LogP contribution in [0.4, 0.5) is 8.78 Å². The Balaban J connectivity index is 1.59. The topological polar surface area (TPSA) is 82.1 Å². The van der Waals surface area contributed by atoms with Crippen LogP contribution in [0.3, 0.4) is 0 Å². The summed E-state index contributed by atoms with van der Waals surface area (Å²) in [5.41, 5.74) is 0.572. The Kier molecular flexibility index (Phi) is 7.45. The van der Waals surface area contributed by atoms with Crippen LogP contribution in [0.1, 0.15) is 32.6 Å². The van der Waals surface area contributed by atoms with Crippen molar-refractivity contribution < 1.29 is 36.0 Å². The second-order valence-corrected chi connectivity index (χ2v) is 12.5. The SMILES string of the molecule is CC(Oc1ccc([S+](c2ccccc2)c2ccc(C3OCC(C)(C)O3)cc2)cc1)C(F)(F)S(=O)(=O)O. The summed E-state index contributed by atoms with van der Waals surface area (Å²) in [6.45, 7) is 5.35. The Bertz CT molecular complexity index is 1280. The van der Waals surface area contributed by atoms with E-state index in [2.05, 4.69) is 0 Å². The summed E-state index contributed by atoms with van der Waals surface area (Å²) in [7, 11) is -6.12. The first-order chi connectivity index (χ1) is 16.9. The molecule has 4 rings (SSSR count). The molecular weight excluding hydrogens is 510 g/mol. The van der Waals surface area contributed by atoms with Crippen molar-refractivity contribution in [3.05, 3.63) is 84.4 Å². The molecule has 36 heavy (non-hydrogen) atoms. The average Bonchev–Trinajstić information content (AvgIpc) is 3.20. The highest BCUT2D eigenvalue weighted by Crippen LogP contribution is 2.36. The molecule has 3 aromatic rings. The first-order valence-corrected chi connectivity index (χ1v) is 13.8. The van der Waals surface area contributed by atoms with Crippen LogP contribution in [0.25, 0.3) is 0 Å². The zero-order chi connectivity index (χ0) is 26.1. The van der Waals surface area contributed by atoms with Gasteiger partial charge in [0.2, 0.25) is 0 Å². The molecule has 1 aliphatic heterocycles. The van der Waals surface area contributed by atoms with E-state index >= 15 is 0 Å².